The summed E-state index contributed by atoms with van der Waals surface area (Å²) in [6, 6.07) is 13.6. The van der Waals surface area contributed by atoms with Gasteiger partial charge in [-0.1, -0.05) is 18.2 Å². The van der Waals surface area contributed by atoms with Crippen LogP contribution in [0.5, 0.6) is 5.75 Å². The van der Waals surface area contributed by atoms with Gasteiger partial charge in [0.05, 0.1) is 7.11 Å². The Kier molecular flexibility index (Phi) is 4.86. The molecule has 0 amide bonds. The monoisotopic (exact) mass is 292 g/mol. The normalized spacial score (nSPS) is 14.9. The lowest BCUT2D eigenvalue weighted by molar-refractivity contribution is 0.173. The number of nitrogens with one attached hydrogen (secondary N) is 1. The summed E-state index contributed by atoms with van der Waals surface area (Å²) >= 11 is 0. The molecular formula is C16H21ClN2O. The molecule has 1 aliphatic heterocycles. The lowest BCUT2D eigenvalue weighted by Crippen LogP contribution is -2.55. The van der Waals surface area contributed by atoms with Gasteiger partial charge in [0.15, 0.2) is 0 Å². The zero-order valence-electron chi connectivity index (χ0n) is 11.9. The Bertz CT molecular complexity index is 584. The Morgan fingerprint density at radius 2 is 1.85 bits per heavy atom. The molecule has 1 heterocycles. The van der Waals surface area contributed by atoms with E-state index in [1.807, 2.05) is 6.07 Å². The van der Waals surface area contributed by atoms with Gasteiger partial charge in [-0.15, -0.1) is 12.4 Å². The average Bonchev–Trinajstić information content (AvgIpc) is 2.36. The van der Waals surface area contributed by atoms with Crippen LogP contribution in [0, 0.1) is 0 Å². The van der Waals surface area contributed by atoms with Gasteiger partial charge < -0.3 is 10.1 Å². The molecule has 0 spiro atoms. The highest BCUT2D eigenvalue weighted by Gasteiger charge is 2.21. The fraction of sp³-hybridized carbons (Fsp3) is 0.375. The molecular weight excluding hydrogens is 272 g/mol. The Morgan fingerprint density at radius 3 is 2.50 bits per heavy atom. The maximum atomic E-state index is 5.26. The van der Waals surface area contributed by atoms with E-state index >= 15 is 0 Å². The van der Waals surface area contributed by atoms with E-state index in [1.54, 1.807) is 7.11 Å². The minimum Gasteiger partial charge on any atom is -0.497 e. The van der Waals surface area contributed by atoms with E-state index in [1.165, 1.54) is 16.3 Å². The minimum absolute atomic E-state index is 0. The van der Waals surface area contributed by atoms with E-state index in [4.69, 9.17) is 4.74 Å². The average molecular weight is 293 g/mol. The second-order valence-electron chi connectivity index (χ2n) is 5.27. The second-order valence-corrected chi connectivity index (χ2v) is 5.27. The molecule has 20 heavy (non-hydrogen) atoms. The van der Waals surface area contributed by atoms with Gasteiger partial charge in [0, 0.05) is 25.7 Å². The second kappa shape index (κ2) is 6.44. The number of nitrogens with zero attached hydrogens (tertiary/aromatic N) is 1. The Balaban J connectivity index is 0.00000147. The third kappa shape index (κ3) is 3.06. The summed E-state index contributed by atoms with van der Waals surface area (Å²) in [5.74, 6) is 0.915. The van der Waals surface area contributed by atoms with E-state index in [-0.39, 0.29) is 12.4 Å². The molecule has 0 unspecified atom stereocenters. The molecule has 108 valence electrons. The van der Waals surface area contributed by atoms with Crippen molar-refractivity contribution in [2.75, 3.05) is 27.2 Å². The van der Waals surface area contributed by atoms with Crippen molar-refractivity contribution in [3.05, 3.63) is 42.0 Å². The lowest BCUT2D eigenvalue weighted by atomic mass is 10.1. The van der Waals surface area contributed by atoms with Gasteiger partial charge in [-0.2, -0.15) is 0 Å². The molecule has 2 aromatic rings. The SMILES string of the molecule is COc1ccc2cc(CN(C)C3CNC3)ccc2c1.Cl. The van der Waals surface area contributed by atoms with Crippen LogP contribution in [-0.4, -0.2) is 38.2 Å². The quantitative estimate of drug-likeness (QED) is 0.938. The van der Waals surface area contributed by atoms with E-state index in [0.29, 0.717) is 6.04 Å². The number of hydrogen-bond donors (Lipinski definition) is 1. The smallest absolute Gasteiger partial charge is 0.119 e. The largest absolute Gasteiger partial charge is 0.497 e. The number of hydrogen-bond acceptors (Lipinski definition) is 3. The molecule has 4 heteroatoms. The zero-order chi connectivity index (χ0) is 13.2. The summed E-state index contributed by atoms with van der Waals surface area (Å²) < 4.78 is 5.26. The molecule has 1 aliphatic rings. The van der Waals surface area contributed by atoms with Crippen molar-refractivity contribution >= 4 is 23.2 Å². The highest BCUT2D eigenvalue weighted by molar-refractivity contribution is 5.85. The summed E-state index contributed by atoms with van der Waals surface area (Å²) in [6.45, 7) is 3.23. The third-order valence-electron chi connectivity index (χ3n) is 3.93. The first-order valence-electron chi connectivity index (χ1n) is 6.74. The van der Waals surface area contributed by atoms with Gasteiger partial charge in [-0.3, -0.25) is 4.90 Å². The van der Waals surface area contributed by atoms with Crippen LogP contribution in [0.1, 0.15) is 5.56 Å². The summed E-state index contributed by atoms with van der Waals surface area (Å²) in [5.41, 5.74) is 1.37. The number of halogens is 1. The van der Waals surface area contributed by atoms with Crippen LogP contribution in [0.25, 0.3) is 10.8 Å². The van der Waals surface area contributed by atoms with Crippen molar-refractivity contribution in [2.45, 2.75) is 12.6 Å². The van der Waals surface area contributed by atoms with Crippen molar-refractivity contribution < 1.29 is 4.74 Å². The van der Waals surface area contributed by atoms with Crippen molar-refractivity contribution in [3.63, 3.8) is 0 Å². The summed E-state index contributed by atoms with van der Waals surface area (Å²) in [6.07, 6.45) is 0. The van der Waals surface area contributed by atoms with Crippen molar-refractivity contribution in [1.29, 1.82) is 0 Å². The van der Waals surface area contributed by atoms with Gasteiger partial charge >= 0.3 is 0 Å². The van der Waals surface area contributed by atoms with Gasteiger partial charge in [-0.25, -0.2) is 0 Å². The van der Waals surface area contributed by atoms with Gasteiger partial charge in [0.25, 0.3) is 0 Å². The number of methoxy groups -OCH3 is 1. The topological polar surface area (TPSA) is 24.5 Å². The van der Waals surface area contributed by atoms with Crippen molar-refractivity contribution in [3.8, 4) is 5.75 Å². The number of ether oxygens (including phenoxy) is 1. The number of fused-ring (bicyclic) bond motifs is 1. The molecule has 0 aromatic heterocycles. The van der Waals surface area contributed by atoms with Gasteiger partial charge in [0.2, 0.25) is 0 Å². The van der Waals surface area contributed by atoms with Crippen LogP contribution < -0.4 is 10.1 Å². The molecule has 0 aliphatic carbocycles. The predicted octanol–water partition coefficient (Wildman–Crippen LogP) is 2.67. The number of benzene rings is 2. The first kappa shape index (κ1) is 15.1. The summed E-state index contributed by atoms with van der Waals surface area (Å²) in [7, 11) is 3.90. The Hall–Kier alpha value is -1.29. The molecule has 0 radical (unpaired) electrons. The van der Waals surface area contributed by atoms with E-state index in [9.17, 15) is 0 Å². The van der Waals surface area contributed by atoms with Crippen LogP contribution in [-0.2, 0) is 6.54 Å². The van der Waals surface area contributed by atoms with Crippen LogP contribution in [0.3, 0.4) is 0 Å². The fourth-order valence-electron chi connectivity index (χ4n) is 2.50. The molecule has 1 saturated heterocycles. The first-order chi connectivity index (χ1) is 9.26. The van der Waals surface area contributed by atoms with Crippen molar-refractivity contribution in [2.24, 2.45) is 0 Å². The molecule has 3 nitrogen and oxygen atoms in total. The van der Waals surface area contributed by atoms with Crippen molar-refractivity contribution in [1.82, 2.24) is 10.2 Å². The van der Waals surface area contributed by atoms with Crippen LogP contribution >= 0.6 is 12.4 Å². The van der Waals surface area contributed by atoms with E-state index in [2.05, 4.69) is 47.6 Å². The first-order valence-corrected chi connectivity index (χ1v) is 6.74. The summed E-state index contributed by atoms with van der Waals surface area (Å²) in [4.78, 5) is 2.42. The van der Waals surface area contributed by atoms with Crippen LogP contribution in [0.2, 0.25) is 0 Å². The zero-order valence-corrected chi connectivity index (χ0v) is 12.7. The minimum atomic E-state index is 0. The van der Waals surface area contributed by atoms with Crippen LogP contribution in [0.15, 0.2) is 36.4 Å². The summed E-state index contributed by atoms with van der Waals surface area (Å²) in [5, 5.41) is 5.82. The molecule has 2 aromatic carbocycles. The van der Waals surface area contributed by atoms with Gasteiger partial charge in [-0.05, 0) is 41.6 Å². The number of rotatable bonds is 4. The molecule has 1 N–H and O–H groups in total. The lowest BCUT2D eigenvalue weighted by Gasteiger charge is -2.35. The van der Waals surface area contributed by atoms with Gasteiger partial charge in [0.1, 0.15) is 5.75 Å². The number of likely N-dealkylation sites (N-methyl/N-ethyl adjacent to an activating group) is 1. The highest BCUT2D eigenvalue weighted by Crippen LogP contribution is 2.22. The maximum absolute atomic E-state index is 5.26. The highest BCUT2D eigenvalue weighted by atomic mass is 35.5. The standard InChI is InChI=1S/C16H20N2O.ClH/c1-18(15-9-17-10-15)11-12-3-4-14-8-16(19-2)6-5-13(14)7-12;/h3-8,15,17H,9-11H2,1-2H3;1H. The molecule has 3 rings (SSSR count). The van der Waals surface area contributed by atoms with E-state index in [0.717, 1.165) is 25.4 Å². The molecule has 0 atom stereocenters. The molecule has 0 bridgehead atoms. The fourth-order valence-corrected chi connectivity index (χ4v) is 2.50. The third-order valence-corrected chi connectivity index (χ3v) is 3.93. The Morgan fingerprint density at radius 1 is 1.15 bits per heavy atom. The van der Waals surface area contributed by atoms with E-state index < -0.39 is 0 Å². The molecule has 1 fully saturated rings. The Labute approximate surface area is 126 Å². The maximum Gasteiger partial charge on any atom is 0.119 e. The molecule has 0 saturated carbocycles. The van der Waals surface area contributed by atoms with Crippen LogP contribution in [0.4, 0.5) is 0 Å². The predicted molar refractivity (Wildman–Crippen MR) is 85.9 cm³/mol.